The molecule has 0 fully saturated rings. The third kappa shape index (κ3) is 1.34. The molecule has 0 spiro atoms. The standard InChI is InChI=1S/C14H10OS/c15-8-7-11-9-16-13-6-5-10-3-1-2-4-12(10)14(11)13/h1-6,8-9H,7H2. The highest BCUT2D eigenvalue weighted by Crippen LogP contribution is 2.32. The number of fused-ring (bicyclic) bond motifs is 3. The van der Waals surface area contributed by atoms with Gasteiger partial charge in [-0.2, -0.15) is 0 Å². The fraction of sp³-hybridized carbons (Fsp3) is 0.0714. The molecule has 3 rings (SSSR count). The molecule has 16 heavy (non-hydrogen) atoms. The van der Waals surface area contributed by atoms with Crippen LogP contribution < -0.4 is 0 Å². The Morgan fingerprint density at radius 1 is 1.12 bits per heavy atom. The molecule has 0 saturated heterocycles. The molecular weight excluding hydrogens is 216 g/mol. The van der Waals surface area contributed by atoms with Crippen molar-refractivity contribution in [2.24, 2.45) is 0 Å². The van der Waals surface area contributed by atoms with Gasteiger partial charge < -0.3 is 4.79 Å². The summed E-state index contributed by atoms with van der Waals surface area (Å²) >= 11 is 1.71. The van der Waals surface area contributed by atoms with Crippen LogP contribution in [0.4, 0.5) is 0 Å². The molecule has 0 saturated carbocycles. The van der Waals surface area contributed by atoms with Gasteiger partial charge in [-0.1, -0.05) is 30.3 Å². The van der Waals surface area contributed by atoms with Gasteiger partial charge in [-0.05, 0) is 27.8 Å². The van der Waals surface area contributed by atoms with Gasteiger partial charge in [0.15, 0.2) is 0 Å². The summed E-state index contributed by atoms with van der Waals surface area (Å²) in [6, 6.07) is 12.6. The summed E-state index contributed by atoms with van der Waals surface area (Å²) in [5, 5.41) is 5.82. The number of benzene rings is 2. The highest BCUT2D eigenvalue weighted by atomic mass is 32.1. The lowest BCUT2D eigenvalue weighted by Crippen LogP contribution is -1.83. The van der Waals surface area contributed by atoms with E-state index >= 15 is 0 Å². The molecule has 0 radical (unpaired) electrons. The molecule has 0 amide bonds. The first-order chi connectivity index (χ1) is 7.90. The van der Waals surface area contributed by atoms with Gasteiger partial charge in [0.25, 0.3) is 0 Å². The summed E-state index contributed by atoms with van der Waals surface area (Å²) in [6.45, 7) is 0. The topological polar surface area (TPSA) is 17.1 Å². The number of hydrogen-bond acceptors (Lipinski definition) is 2. The minimum absolute atomic E-state index is 0.508. The largest absolute Gasteiger partial charge is 0.303 e. The summed E-state index contributed by atoms with van der Waals surface area (Å²) in [6.07, 6.45) is 1.48. The lowest BCUT2D eigenvalue weighted by Gasteiger charge is -2.01. The molecular formula is C14H10OS. The number of rotatable bonds is 2. The average Bonchev–Trinajstić information content (AvgIpc) is 2.73. The van der Waals surface area contributed by atoms with E-state index in [-0.39, 0.29) is 0 Å². The third-order valence-electron chi connectivity index (χ3n) is 2.84. The van der Waals surface area contributed by atoms with Crippen molar-refractivity contribution in [3.8, 4) is 0 Å². The van der Waals surface area contributed by atoms with Crippen molar-refractivity contribution in [1.82, 2.24) is 0 Å². The van der Waals surface area contributed by atoms with Gasteiger partial charge in [0, 0.05) is 16.5 Å². The maximum atomic E-state index is 10.7. The molecule has 0 aliphatic carbocycles. The Balaban J connectivity index is 2.46. The zero-order valence-corrected chi connectivity index (χ0v) is 9.46. The van der Waals surface area contributed by atoms with E-state index in [0.29, 0.717) is 6.42 Å². The van der Waals surface area contributed by atoms with Crippen molar-refractivity contribution in [1.29, 1.82) is 0 Å². The van der Waals surface area contributed by atoms with Crippen molar-refractivity contribution in [2.75, 3.05) is 0 Å². The first-order valence-electron chi connectivity index (χ1n) is 5.21. The minimum Gasteiger partial charge on any atom is -0.303 e. The van der Waals surface area contributed by atoms with Crippen molar-refractivity contribution in [3.05, 3.63) is 47.3 Å². The van der Waals surface area contributed by atoms with Crippen LogP contribution in [0.1, 0.15) is 5.56 Å². The first kappa shape index (κ1) is 9.55. The van der Waals surface area contributed by atoms with E-state index in [4.69, 9.17) is 0 Å². The maximum Gasteiger partial charge on any atom is 0.124 e. The number of aldehydes is 1. The molecule has 1 aromatic heterocycles. The zero-order chi connectivity index (χ0) is 11.0. The molecule has 2 heteroatoms. The van der Waals surface area contributed by atoms with Gasteiger partial charge in [-0.25, -0.2) is 0 Å². The van der Waals surface area contributed by atoms with Crippen LogP contribution in [0, 0.1) is 0 Å². The van der Waals surface area contributed by atoms with Crippen LogP contribution in [0.5, 0.6) is 0 Å². The van der Waals surface area contributed by atoms with Crippen LogP contribution in [0.3, 0.4) is 0 Å². The number of carbonyl (C=O) groups is 1. The maximum absolute atomic E-state index is 10.7. The molecule has 3 aromatic rings. The molecule has 0 aliphatic rings. The van der Waals surface area contributed by atoms with E-state index < -0.39 is 0 Å². The summed E-state index contributed by atoms with van der Waals surface area (Å²) in [7, 11) is 0. The summed E-state index contributed by atoms with van der Waals surface area (Å²) in [4.78, 5) is 10.7. The zero-order valence-electron chi connectivity index (χ0n) is 8.64. The van der Waals surface area contributed by atoms with Crippen molar-refractivity contribution in [3.63, 3.8) is 0 Å². The van der Waals surface area contributed by atoms with E-state index in [1.165, 1.54) is 20.9 Å². The highest BCUT2D eigenvalue weighted by Gasteiger charge is 2.06. The average molecular weight is 226 g/mol. The number of carbonyl (C=O) groups excluding carboxylic acids is 1. The fourth-order valence-electron chi connectivity index (χ4n) is 2.11. The molecule has 0 N–H and O–H groups in total. The molecule has 78 valence electrons. The Morgan fingerprint density at radius 3 is 2.88 bits per heavy atom. The first-order valence-corrected chi connectivity index (χ1v) is 6.09. The molecule has 0 atom stereocenters. The second-order valence-corrected chi connectivity index (χ2v) is 4.70. The second-order valence-electron chi connectivity index (χ2n) is 3.79. The highest BCUT2D eigenvalue weighted by molar-refractivity contribution is 7.17. The molecule has 2 aromatic carbocycles. The molecule has 0 unspecified atom stereocenters. The Kier molecular flexibility index (Phi) is 2.22. The van der Waals surface area contributed by atoms with E-state index in [0.717, 1.165) is 11.8 Å². The van der Waals surface area contributed by atoms with Gasteiger partial charge in [0.1, 0.15) is 6.29 Å². The van der Waals surface area contributed by atoms with Crippen LogP contribution in [0.2, 0.25) is 0 Å². The summed E-state index contributed by atoms with van der Waals surface area (Å²) in [5.41, 5.74) is 1.15. The lowest BCUT2D eigenvalue weighted by atomic mass is 10.0. The van der Waals surface area contributed by atoms with Crippen LogP contribution in [-0.4, -0.2) is 6.29 Å². The van der Waals surface area contributed by atoms with Gasteiger partial charge in [0.2, 0.25) is 0 Å². The number of hydrogen-bond donors (Lipinski definition) is 0. The van der Waals surface area contributed by atoms with E-state index in [9.17, 15) is 4.79 Å². The molecule has 0 aliphatic heterocycles. The summed E-state index contributed by atoms with van der Waals surface area (Å²) in [5.74, 6) is 0. The quantitative estimate of drug-likeness (QED) is 0.607. The van der Waals surface area contributed by atoms with Gasteiger partial charge in [-0.15, -0.1) is 11.3 Å². The Hall–Kier alpha value is -1.67. The predicted octanol–water partition coefficient (Wildman–Crippen LogP) is 3.80. The molecule has 1 nitrogen and oxygen atoms in total. The van der Waals surface area contributed by atoms with E-state index in [1.54, 1.807) is 11.3 Å². The second kappa shape index (κ2) is 3.72. The fourth-order valence-corrected chi connectivity index (χ4v) is 3.10. The predicted molar refractivity (Wildman–Crippen MR) is 69.1 cm³/mol. The minimum atomic E-state index is 0.508. The van der Waals surface area contributed by atoms with E-state index in [2.05, 4.69) is 29.6 Å². The molecule has 1 heterocycles. The molecule has 0 bridgehead atoms. The third-order valence-corrected chi connectivity index (χ3v) is 3.84. The van der Waals surface area contributed by atoms with E-state index in [1.807, 2.05) is 12.1 Å². The normalized spacial score (nSPS) is 11.0. The Morgan fingerprint density at radius 2 is 2.00 bits per heavy atom. The van der Waals surface area contributed by atoms with Crippen molar-refractivity contribution < 1.29 is 4.79 Å². The lowest BCUT2D eigenvalue weighted by molar-refractivity contribution is -0.107. The van der Waals surface area contributed by atoms with Gasteiger partial charge in [-0.3, -0.25) is 0 Å². The van der Waals surface area contributed by atoms with Gasteiger partial charge >= 0.3 is 0 Å². The Labute approximate surface area is 97.3 Å². The van der Waals surface area contributed by atoms with Crippen molar-refractivity contribution in [2.45, 2.75) is 6.42 Å². The van der Waals surface area contributed by atoms with Crippen LogP contribution >= 0.6 is 11.3 Å². The number of thiophene rings is 1. The van der Waals surface area contributed by atoms with Crippen molar-refractivity contribution >= 4 is 38.5 Å². The van der Waals surface area contributed by atoms with Crippen LogP contribution in [0.25, 0.3) is 20.9 Å². The van der Waals surface area contributed by atoms with Crippen LogP contribution in [0.15, 0.2) is 41.8 Å². The summed E-state index contributed by atoms with van der Waals surface area (Å²) < 4.78 is 1.26. The Bertz CT molecular complexity index is 667. The smallest absolute Gasteiger partial charge is 0.124 e. The SMILES string of the molecule is O=CCc1csc2ccc3ccccc3c12. The van der Waals surface area contributed by atoms with Gasteiger partial charge in [0.05, 0.1) is 0 Å². The monoisotopic (exact) mass is 226 g/mol. The van der Waals surface area contributed by atoms with Crippen LogP contribution in [-0.2, 0) is 11.2 Å².